The molecule has 1 aliphatic rings. The van der Waals surface area contributed by atoms with Gasteiger partial charge in [0.15, 0.2) is 0 Å². The number of nitrogens with zero attached hydrogens (tertiary/aromatic N) is 4. The van der Waals surface area contributed by atoms with Crippen molar-refractivity contribution in [2.24, 2.45) is 0 Å². The number of fused-ring (bicyclic) bond motifs is 1. The number of aliphatic hydroxyl groups is 1. The second kappa shape index (κ2) is 10.3. The Kier molecular flexibility index (Phi) is 7.17. The SMILES string of the molecule is O=C(Nc1cc2cn(CC(=O)N3CCOCC3)nc2cc1OCCO)c1cccc(C(F)(F)F)n1. The number of amides is 2. The number of anilines is 1. The van der Waals surface area contributed by atoms with E-state index in [1.165, 1.54) is 16.8 Å². The first-order chi connectivity index (χ1) is 16.7. The van der Waals surface area contributed by atoms with Gasteiger partial charge in [0.25, 0.3) is 5.91 Å². The summed E-state index contributed by atoms with van der Waals surface area (Å²) in [6.07, 6.45) is -3.08. The van der Waals surface area contributed by atoms with E-state index in [4.69, 9.17) is 14.6 Å². The van der Waals surface area contributed by atoms with Crippen LogP contribution >= 0.6 is 0 Å². The molecule has 1 fully saturated rings. The number of morpholine rings is 1. The van der Waals surface area contributed by atoms with Crippen LogP contribution in [0.3, 0.4) is 0 Å². The predicted octanol–water partition coefficient (Wildman–Crippen LogP) is 1.93. The molecule has 3 aromatic rings. The summed E-state index contributed by atoms with van der Waals surface area (Å²) < 4.78 is 51.1. The monoisotopic (exact) mass is 493 g/mol. The van der Waals surface area contributed by atoms with Crippen molar-refractivity contribution in [1.29, 1.82) is 0 Å². The number of alkyl halides is 3. The van der Waals surface area contributed by atoms with Crippen molar-refractivity contribution in [2.45, 2.75) is 12.7 Å². The summed E-state index contributed by atoms with van der Waals surface area (Å²) in [7, 11) is 0. The van der Waals surface area contributed by atoms with Gasteiger partial charge in [-0.15, -0.1) is 0 Å². The molecule has 1 saturated heterocycles. The largest absolute Gasteiger partial charge is 0.489 e. The number of rotatable bonds is 7. The molecule has 2 amide bonds. The van der Waals surface area contributed by atoms with Crippen LogP contribution in [0, 0.1) is 0 Å². The molecule has 2 aromatic heterocycles. The maximum Gasteiger partial charge on any atom is 0.433 e. The third-order valence-corrected chi connectivity index (χ3v) is 5.18. The molecule has 1 aromatic carbocycles. The van der Waals surface area contributed by atoms with Crippen LogP contribution in [0.5, 0.6) is 5.75 Å². The summed E-state index contributed by atoms with van der Waals surface area (Å²) in [6.45, 7) is 1.55. The van der Waals surface area contributed by atoms with Crippen molar-refractivity contribution < 1.29 is 37.3 Å². The topological polar surface area (TPSA) is 119 Å². The summed E-state index contributed by atoms with van der Waals surface area (Å²) in [6, 6.07) is 6.05. The molecule has 13 heteroatoms. The number of ether oxygens (including phenoxy) is 2. The third kappa shape index (κ3) is 5.87. The fraction of sp³-hybridized carbons (Fsp3) is 0.364. The molecule has 2 N–H and O–H groups in total. The Morgan fingerprint density at radius 2 is 1.97 bits per heavy atom. The Hall–Kier alpha value is -3.71. The smallest absolute Gasteiger partial charge is 0.433 e. The molecule has 0 bridgehead atoms. The summed E-state index contributed by atoms with van der Waals surface area (Å²) in [5.74, 6) is -0.849. The van der Waals surface area contributed by atoms with E-state index in [-0.39, 0.29) is 37.1 Å². The minimum atomic E-state index is -4.70. The minimum absolute atomic E-state index is 0.00262. The predicted molar refractivity (Wildman–Crippen MR) is 117 cm³/mol. The van der Waals surface area contributed by atoms with Gasteiger partial charge in [-0.1, -0.05) is 6.07 Å². The highest BCUT2D eigenvalue weighted by molar-refractivity contribution is 6.05. The average Bonchev–Trinajstić information content (AvgIpc) is 3.23. The van der Waals surface area contributed by atoms with Crippen LogP contribution < -0.4 is 10.1 Å². The van der Waals surface area contributed by atoms with Gasteiger partial charge < -0.3 is 24.8 Å². The molecule has 35 heavy (non-hydrogen) atoms. The highest BCUT2D eigenvalue weighted by Crippen LogP contribution is 2.31. The molecule has 10 nitrogen and oxygen atoms in total. The third-order valence-electron chi connectivity index (χ3n) is 5.18. The number of nitrogens with one attached hydrogen (secondary N) is 1. The lowest BCUT2D eigenvalue weighted by atomic mass is 10.2. The molecule has 0 aliphatic carbocycles. The number of carbonyl (C=O) groups is 2. The van der Waals surface area contributed by atoms with Gasteiger partial charge >= 0.3 is 6.18 Å². The maximum atomic E-state index is 13.0. The second-order valence-corrected chi connectivity index (χ2v) is 7.66. The highest BCUT2D eigenvalue weighted by atomic mass is 19.4. The summed E-state index contributed by atoms with van der Waals surface area (Å²) in [5.41, 5.74) is -1.01. The van der Waals surface area contributed by atoms with Gasteiger partial charge in [-0.3, -0.25) is 14.3 Å². The van der Waals surface area contributed by atoms with Crippen molar-refractivity contribution in [3.05, 3.63) is 47.9 Å². The van der Waals surface area contributed by atoms with Crippen molar-refractivity contribution in [3.8, 4) is 5.75 Å². The number of aliphatic hydroxyl groups excluding tert-OH is 1. The molecule has 0 atom stereocenters. The first-order valence-corrected chi connectivity index (χ1v) is 10.7. The summed E-state index contributed by atoms with van der Waals surface area (Å²) in [4.78, 5) is 30.3. The molecule has 0 radical (unpaired) electrons. The molecule has 1 aliphatic heterocycles. The number of benzene rings is 1. The fourth-order valence-corrected chi connectivity index (χ4v) is 3.51. The highest BCUT2D eigenvalue weighted by Gasteiger charge is 2.33. The van der Waals surface area contributed by atoms with Crippen LogP contribution in [-0.4, -0.2) is 76.1 Å². The minimum Gasteiger partial charge on any atom is -0.489 e. The lowest BCUT2D eigenvalue weighted by Gasteiger charge is -2.26. The van der Waals surface area contributed by atoms with E-state index in [2.05, 4.69) is 15.4 Å². The Morgan fingerprint density at radius 1 is 1.20 bits per heavy atom. The van der Waals surface area contributed by atoms with Gasteiger partial charge in [-0.2, -0.15) is 18.3 Å². The second-order valence-electron chi connectivity index (χ2n) is 7.66. The molecule has 4 rings (SSSR count). The Morgan fingerprint density at radius 3 is 2.69 bits per heavy atom. The van der Waals surface area contributed by atoms with Gasteiger partial charge in [-0.05, 0) is 18.2 Å². The van der Waals surface area contributed by atoms with Gasteiger partial charge in [-0.25, -0.2) is 4.98 Å². The van der Waals surface area contributed by atoms with Crippen LogP contribution in [-0.2, 0) is 22.3 Å². The van der Waals surface area contributed by atoms with Crippen molar-refractivity contribution in [1.82, 2.24) is 19.7 Å². The van der Waals surface area contributed by atoms with E-state index in [0.717, 1.165) is 18.2 Å². The van der Waals surface area contributed by atoms with Gasteiger partial charge in [0.2, 0.25) is 5.91 Å². The number of hydrogen-bond donors (Lipinski definition) is 2. The number of aromatic nitrogens is 3. The molecular weight excluding hydrogens is 471 g/mol. The van der Waals surface area contributed by atoms with E-state index >= 15 is 0 Å². The number of carbonyl (C=O) groups excluding carboxylic acids is 2. The molecular formula is C22H22F3N5O5. The van der Waals surface area contributed by atoms with E-state index in [0.29, 0.717) is 37.2 Å². The normalized spacial score (nSPS) is 14.2. The van der Waals surface area contributed by atoms with Crippen LogP contribution in [0.15, 0.2) is 36.5 Å². The van der Waals surface area contributed by atoms with Crippen molar-refractivity contribution >= 4 is 28.4 Å². The zero-order chi connectivity index (χ0) is 25.0. The van der Waals surface area contributed by atoms with Crippen molar-refractivity contribution in [2.75, 3.05) is 44.8 Å². The molecule has 0 unspecified atom stereocenters. The fourth-order valence-electron chi connectivity index (χ4n) is 3.51. The van der Waals surface area contributed by atoms with Gasteiger partial charge in [0.05, 0.1) is 31.0 Å². The quantitative estimate of drug-likeness (QED) is 0.516. The molecule has 0 spiro atoms. The summed E-state index contributed by atoms with van der Waals surface area (Å²) in [5, 5.41) is 16.6. The van der Waals surface area contributed by atoms with Crippen molar-refractivity contribution in [3.63, 3.8) is 0 Å². The van der Waals surface area contributed by atoms with E-state index < -0.39 is 23.5 Å². The zero-order valence-corrected chi connectivity index (χ0v) is 18.4. The Balaban J connectivity index is 1.58. The standard InChI is InChI=1S/C22H22F3N5O5/c23-22(24,25)19-3-1-2-15(26-19)21(33)27-17-10-14-12-30(13-20(32)29-4-7-34-8-5-29)28-16(14)11-18(17)35-9-6-31/h1-3,10-12,31H,4-9,13H2,(H,27,33). The number of halogens is 3. The van der Waals surface area contributed by atoms with Crippen LogP contribution in [0.2, 0.25) is 0 Å². The lowest BCUT2D eigenvalue weighted by Crippen LogP contribution is -2.42. The Labute approximate surface area is 197 Å². The van der Waals surface area contributed by atoms with E-state index in [1.54, 1.807) is 11.1 Å². The van der Waals surface area contributed by atoms with Gasteiger partial charge in [0.1, 0.15) is 30.3 Å². The summed E-state index contributed by atoms with van der Waals surface area (Å²) >= 11 is 0. The zero-order valence-electron chi connectivity index (χ0n) is 18.4. The first kappa shape index (κ1) is 24.4. The molecule has 186 valence electrons. The van der Waals surface area contributed by atoms with Crippen LogP contribution in [0.25, 0.3) is 10.9 Å². The number of pyridine rings is 1. The molecule has 3 heterocycles. The maximum absolute atomic E-state index is 13.0. The van der Waals surface area contributed by atoms with Gasteiger partial charge in [0, 0.05) is 30.7 Å². The molecule has 0 saturated carbocycles. The van der Waals surface area contributed by atoms with E-state index in [1.807, 2.05) is 0 Å². The van der Waals surface area contributed by atoms with E-state index in [9.17, 15) is 22.8 Å². The Bertz CT molecular complexity index is 1220. The number of hydrogen-bond acceptors (Lipinski definition) is 7. The van der Waals surface area contributed by atoms with Crippen LogP contribution in [0.4, 0.5) is 18.9 Å². The average molecular weight is 493 g/mol. The lowest BCUT2D eigenvalue weighted by molar-refractivity contribution is -0.141. The first-order valence-electron chi connectivity index (χ1n) is 10.7. The van der Waals surface area contributed by atoms with Crippen LogP contribution in [0.1, 0.15) is 16.2 Å².